The molecule has 294 valence electrons. The number of aliphatic hydroxyl groups excluding tert-OH is 1. The van der Waals surface area contributed by atoms with Gasteiger partial charge in [-0.05, 0) is 39.6 Å². The molecule has 2 saturated heterocycles. The lowest BCUT2D eigenvalue weighted by Crippen LogP contribution is -2.60. The topological polar surface area (TPSA) is 261 Å². The fourth-order valence-electron chi connectivity index (χ4n) is 9.32. The third-order valence-electron chi connectivity index (χ3n) is 11.7. The molecular formula is C36H43NO17. The minimum absolute atomic E-state index is 0.0109. The Labute approximate surface area is 308 Å². The normalized spacial score (nSPS) is 36.1. The Bertz CT molecular complexity index is 1960. The first-order valence-electron chi connectivity index (χ1n) is 17.1. The van der Waals surface area contributed by atoms with Crippen LogP contribution >= 0.6 is 0 Å². The van der Waals surface area contributed by atoms with E-state index in [1.807, 2.05) is 0 Å². The van der Waals surface area contributed by atoms with Gasteiger partial charge in [0.1, 0.15) is 53.2 Å². The van der Waals surface area contributed by atoms with Gasteiger partial charge in [0.25, 0.3) is 0 Å². The first-order valence-corrected chi connectivity index (χ1v) is 17.1. The maximum absolute atomic E-state index is 14.7. The lowest BCUT2D eigenvalue weighted by molar-refractivity contribution is -0.324. The van der Waals surface area contributed by atoms with Gasteiger partial charge in [0, 0.05) is 50.0 Å². The van der Waals surface area contributed by atoms with E-state index in [1.54, 1.807) is 21.0 Å². The highest BCUT2D eigenvalue weighted by atomic mass is 16.7. The van der Waals surface area contributed by atoms with Crippen molar-refractivity contribution < 1.29 is 83.3 Å². The van der Waals surface area contributed by atoms with Gasteiger partial charge in [-0.15, -0.1) is 0 Å². The number of phenolic OH excluding ortho intramolecular Hbond substituents is 3. The van der Waals surface area contributed by atoms with Gasteiger partial charge in [0.2, 0.25) is 11.6 Å². The molecule has 18 heteroatoms. The lowest BCUT2D eigenvalue weighted by atomic mass is 9.68. The number of likely N-dealkylation sites (N-methyl/N-ethyl adjacent to an activating group) is 1. The third-order valence-corrected chi connectivity index (χ3v) is 11.7. The summed E-state index contributed by atoms with van der Waals surface area (Å²) in [5.74, 6) is -14.2. The molecule has 5 unspecified atom stereocenters. The number of aromatic hydroxyl groups is 3. The van der Waals surface area contributed by atoms with E-state index in [0.29, 0.717) is 0 Å². The molecule has 0 radical (unpaired) electrons. The predicted molar refractivity (Wildman–Crippen MR) is 178 cm³/mol. The molecule has 2 aromatic carbocycles. The molecule has 2 bridgehead atoms. The van der Waals surface area contributed by atoms with Crippen LogP contribution < -0.4 is 0 Å². The Hall–Kier alpha value is -3.79. The molecule has 54 heavy (non-hydrogen) atoms. The van der Waals surface area contributed by atoms with Gasteiger partial charge in [-0.1, -0.05) is 0 Å². The predicted octanol–water partition coefficient (Wildman–Crippen LogP) is -0.537. The number of carbonyl (C=O) groups excluding carboxylic acids is 3. The molecule has 0 amide bonds. The van der Waals surface area contributed by atoms with Gasteiger partial charge in [-0.2, -0.15) is 0 Å². The standard InChI is InChI=1S/C36H43NO17/c1-11-27(48-5)28(49-6)29(50-7)33(52-11)53-14-10-35(45,46)22(32(44)51-8)18-16(14)24(40)19-20(26(18)42)25(41)17-15(23(19)39)13(38)9-12-21(17)36(47)30(37(3)4)31(43)34(12,2)54-36/h9,11,14,22,27-31,33,38,40,42-43,45-47H,10H2,1-8H3/t11-,14-,22?,27-,28+,29+,30?,31?,33+,34?,36?/m1/s1. The van der Waals surface area contributed by atoms with Gasteiger partial charge in [-0.3, -0.25) is 19.3 Å². The summed E-state index contributed by atoms with van der Waals surface area (Å²) in [6.45, 7) is 3.09. The van der Waals surface area contributed by atoms with Crippen LogP contribution in [0.15, 0.2) is 6.07 Å². The highest BCUT2D eigenvalue weighted by molar-refractivity contribution is 6.32. The quantitative estimate of drug-likeness (QED) is 0.0906. The smallest absolute Gasteiger partial charge is 0.318 e. The zero-order chi connectivity index (χ0) is 39.7. The van der Waals surface area contributed by atoms with Crippen LogP contribution in [0.3, 0.4) is 0 Å². The molecule has 18 nitrogen and oxygen atoms in total. The average molecular weight is 762 g/mol. The summed E-state index contributed by atoms with van der Waals surface area (Å²) in [6, 6.07) is -0.0916. The number of esters is 1. The van der Waals surface area contributed by atoms with Crippen LogP contribution in [-0.2, 0) is 49.3 Å². The first kappa shape index (κ1) is 38.5. The Kier molecular flexibility index (Phi) is 8.99. The van der Waals surface area contributed by atoms with Gasteiger partial charge >= 0.3 is 5.97 Å². The summed E-state index contributed by atoms with van der Waals surface area (Å²) in [5, 5.41) is 81.6. The molecule has 3 heterocycles. The number of benzene rings is 2. The Morgan fingerprint density at radius 2 is 1.44 bits per heavy atom. The van der Waals surface area contributed by atoms with E-state index in [9.17, 15) is 50.1 Å². The second kappa shape index (κ2) is 12.6. The number of fused-ring (bicyclic) bond motifs is 9. The average Bonchev–Trinajstić information content (AvgIpc) is 3.46. The lowest BCUT2D eigenvalue weighted by Gasteiger charge is -2.46. The summed E-state index contributed by atoms with van der Waals surface area (Å²) in [4.78, 5) is 44.0. The monoisotopic (exact) mass is 761 g/mol. The van der Waals surface area contributed by atoms with Crippen LogP contribution in [0.5, 0.6) is 17.2 Å². The van der Waals surface area contributed by atoms with Crippen LogP contribution in [0.25, 0.3) is 0 Å². The van der Waals surface area contributed by atoms with E-state index >= 15 is 0 Å². The van der Waals surface area contributed by atoms with Crippen molar-refractivity contribution in [1.82, 2.24) is 4.90 Å². The number of methoxy groups -OCH3 is 4. The molecule has 7 N–H and O–H groups in total. The van der Waals surface area contributed by atoms with Crippen molar-refractivity contribution in [3.05, 3.63) is 50.6 Å². The van der Waals surface area contributed by atoms with E-state index in [-0.39, 0.29) is 11.1 Å². The number of phenols is 3. The Morgan fingerprint density at radius 1 is 0.870 bits per heavy atom. The SMILES string of the molecule is COC(=O)C1c2c(O)c3c(c(O)c2[C@H](O[C@@H]2O[C@H](C)[C@@H](OC)[C@H](OC)[C@@H]2OC)CC1(O)O)C(=O)c1c(O)cc2c(c1C3=O)C1(O)OC2(C)C(O)C1N(C)C. The minimum atomic E-state index is -3.06. The molecule has 2 aliphatic carbocycles. The van der Waals surface area contributed by atoms with Crippen molar-refractivity contribution >= 4 is 17.5 Å². The summed E-state index contributed by atoms with van der Waals surface area (Å²) >= 11 is 0. The highest BCUT2D eigenvalue weighted by Crippen LogP contribution is 2.62. The molecule has 2 aromatic rings. The van der Waals surface area contributed by atoms with E-state index in [2.05, 4.69) is 0 Å². The maximum Gasteiger partial charge on any atom is 0.318 e. The fraction of sp³-hybridized carbons (Fsp3) is 0.583. The number of ketones is 2. The minimum Gasteiger partial charge on any atom is -0.507 e. The highest BCUT2D eigenvalue weighted by Gasteiger charge is 2.70. The Balaban J connectivity index is 1.46. The number of carbonyl (C=O) groups is 3. The van der Waals surface area contributed by atoms with Crippen LogP contribution in [0, 0.1) is 0 Å². The molecule has 2 fully saturated rings. The van der Waals surface area contributed by atoms with Crippen molar-refractivity contribution in [2.24, 2.45) is 0 Å². The largest absolute Gasteiger partial charge is 0.507 e. The molecule has 11 atom stereocenters. The molecule has 5 aliphatic rings. The van der Waals surface area contributed by atoms with Crippen molar-refractivity contribution in [2.75, 3.05) is 42.5 Å². The van der Waals surface area contributed by atoms with Gasteiger partial charge < -0.3 is 68.9 Å². The molecule has 3 aliphatic heterocycles. The molecule has 0 spiro atoms. The van der Waals surface area contributed by atoms with Crippen LogP contribution in [0.2, 0.25) is 0 Å². The summed E-state index contributed by atoms with van der Waals surface area (Å²) in [5.41, 5.74) is -6.05. The third kappa shape index (κ3) is 4.83. The molecular weight excluding hydrogens is 718 g/mol. The number of nitrogens with zero attached hydrogens (tertiary/aromatic N) is 1. The summed E-state index contributed by atoms with van der Waals surface area (Å²) in [7, 11) is 8.21. The Morgan fingerprint density at radius 3 is 2.00 bits per heavy atom. The number of aliphatic hydroxyl groups is 4. The van der Waals surface area contributed by atoms with E-state index in [4.69, 9.17) is 33.2 Å². The summed E-state index contributed by atoms with van der Waals surface area (Å²) < 4.78 is 39.9. The van der Waals surface area contributed by atoms with Gasteiger partial charge in [0.05, 0.1) is 42.0 Å². The first-order chi connectivity index (χ1) is 25.3. The van der Waals surface area contributed by atoms with Crippen molar-refractivity contribution in [1.29, 1.82) is 0 Å². The number of hydrogen-bond donors (Lipinski definition) is 7. The van der Waals surface area contributed by atoms with Gasteiger partial charge in [-0.25, -0.2) is 0 Å². The number of ether oxygens (including phenoxy) is 7. The van der Waals surface area contributed by atoms with Crippen molar-refractivity contribution in [3.8, 4) is 17.2 Å². The van der Waals surface area contributed by atoms with Gasteiger partial charge in [0.15, 0.2) is 17.9 Å². The van der Waals surface area contributed by atoms with E-state index in [1.165, 1.54) is 33.2 Å². The van der Waals surface area contributed by atoms with E-state index < -0.39 is 147 Å². The zero-order valence-electron chi connectivity index (χ0n) is 30.6. The van der Waals surface area contributed by atoms with Crippen LogP contribution in [0.1, 0.15) is 86.4 Å². The number of hydrogen-bond acceptors (Lipinski definition) is 18. The second-order valence-electron chi connectivity index (χ2n) is 14.7. The van der Waals surface area contributed by atoms with Crippen LogP contribution in [-0.4, -0.2) is 149 Å². The van der Waals surface area contributed by atoms with E-state index in [0.717, 1.165) is 13.2 Å². The maximum atomic E-state index is 14.7. The fourth-order valence-corrected chi connectivity index (χ4v) is 9.32. The molecule has 0 aromatic heterocycles. The molecule has 7 rings (SSSR count). The van der Waals surface area contributed by atoms with Crippen LogP contribution in [0.4, 0.5) is 0 Å². The number of rotatable bonds is 7. The molecule has 0 saturated carbocycles. The second-order valence-corrected chi connectivity index (χ2v) is 14.7. The van der Waals surface area contributed by atoms with Crippen molar-refractivity contribution in [2.45, 2.75) is 92.3 Å². The van der Waals surface area contributed by atoms with Crippen molar-refractivity contribution in [3.63, 3.8) is 0 Å². The zero-order valence-corrected chi connectivity index (χ0v) is 30.6. The summed E-state index contributed by atoms with van der Waals surface area (Å²) in [6.07, 6.45) is -8.43.